The first-order valence-electron chi connectivity index (χ1n) is 8.36. The molecule has 1 aromatic carbocycles. The van der Waals surface area contributed by atoms with Gasteiger partial charge in [0.1, 0.15) is 5.54 Å². The molecule has 0 radical (unpaired) electrons. The van der Waals surface area contributed by atoms with Gasteiger partial charge in [0, 0.05) is 26.4 Å². The number of nitrogens with zero attached hydrogens (tertiary/aromatic N) is 1. The van der Waals surface area contributed by atoms with Crippen LogP contribution in [0.2, 0.25) is 0 Å². The predicted molar refractivity (Wildman–Crippen MR) is 92.1 cm³/mol. The van der Waals surface area contributed by atoms with E-state index in [0.717, 1.165) is 10.5 Å². The third-order valence-corrected chi connectivity index (χ3v) is 4.38. The highest BCUT2D eigenvalue weighted by Gasteiger charge is 2.47. The number of rotatable bonds is 5. The molecule has 1 fully saturated rings. The van der Waals surface area contributed by atoms with Crippen LogP contribution in [-0.4, -0.2) is 54.7 Å². The molecule has 2 heterocycles. The van der Waals surface area contributed by atoms with Crippen molar-refractivity contribution in [3.05, 3.63) is 23.8 Å². The molecule has 1 aromatic rings. The summed E-state index contributed by atoms with van der Waals surface area (Å²) >= 11 is 0. The molecule has 27 heavy (non-hydrogen) atoms. The molecule has 3 rings (SSSR count). The second-order valence-electron chi connectivity index (χ2n) is 6.46. The Morgan fingerprint density at radius 1 is 1.26 bits per heavy atom. The van der Waals surface area contributed by atoms with Crippen molar-refractivity contribution in [1.82, 2.24) is 20.9 Å². The summed E-state index contributed by atoms with van der Waals surface area (Å²) < 4.78 is 10.6. The van der Waals surface area contributed by atoms with Crippen molar-refractivity contribution in [2.75, 3.05) is 20.4 Å². The highest BCUT2D eigenvalue weighted by molar-refractivity contribution is 6.07. The monoisotopic (exact) mass is 376 g/mol. The second kappa shape index (κ2) is 7.14. The van der Waals surface area contributed by atoms with Gasteiger partial charge in [0.2, 0.25) is 12.7 Å². The summed E-state index contributed by atoms with van der Waals surface area (Å²) in [5.74, 6) is 0.210. The zero-order valence-corrected chi connectivity index (χ0v) is 15.0. The zero-order valence-electron chi connectivity index (χ0n) is 15.0. The number of ether oxygens (including phenoxy) is 2. The van der Waals surface area contributed by atoms with E-state index in [4.69, 9.17) is 9.47 Å². The van der Waals surface area contributed by atoms with Gasteiger partial charge in [0.15, 0.2) is 11.5 Å². The standard InChI is InChI=1S/C17H20N4O6/c1-17(8-10-3-4-11-12(7-10)27-9-26-11)14(23)21(16(25)20-17)6-5-13(22)19-15(24)18-2/h3-4,7H,5-6,8-9H2,1-2H3,(H,20,25)(H2,18,19,22,24). The summed E-state index contributed by atoms with van der Waals surface area (Å²) in [6.07, 6.45) is 0.0852. The molecular weight excluding hydrogens is 356 g/mol. The number of urea groups is 2. The van der Waals surface area contributed by atoms with Crippen molar-refractivity contribution in [2.45, 2.75) is 25.3 Å². The van der Waals surface area contributed by atoms with Crippen molar-refractivity contribution < 1.29 is 28.7 Å². The average molecular weight is 376 g/mol. The van der Waals surface area contributed by atoms with Crippen LogP contribution in [0.4, 0.5) is 9.59 Å². The molecule has 1 unspecified atom stereocenters. The maximum absolute atomic E-state index is 12.7. The first-order valence-corrected chi connectivity index (χ1v) is 8.36. The van der Waals surface area contributed by atoms with E-state index in [-0.39, 0.29) is 26.2 Å². The van der Waals surface area contributed by atoms with Gasteiger partial charge in [0.25, 0.3) is 5.91 Å². The fourth-order valence-electron chi connectivity index (χ4n) is 2.99. The lowest BCUT2D eigenvalue weighted by Crippen LogP contribution is -2.46. The topological polar surface area (TPSA) is 126 Å². The lowest BCUT2D eigenvalue weighted by Gasteiger charge is -2.22. The Labute approximate surface area is 155 Å². The van der Waals surface area contributed by atoms with Gasteiger partial charge in [-0.1, -0.05) is 6.07 Å². The first-order chi connectivity index (χ1) is 12.8. The molecule has 1 atom stereocenters. The SMILES string of the molecule is CNC(=O)NC(=O)CCN1C(=O)NC(C)(Cc2ccc3c(c2)OCO3)C1=O. The van der Waals surface area contributed by atoms with Crippen LogP contribution in [0.5, 0.6) is 11.5 Å². The van der Waals surface area contributed by atoms with Crippen molar-refractivity contribution in [1.29, 1.82) is 0 Å². The third kappa shape index (κ3) is 3.78. The molecule has 2 aliphatic rings. The van der Waals surface area contributed by atoms with Crippen LogP contribution in [0.25, 0.3) is 0 Å². The molecule has 0 aliphatic carbocycles. The van der Waals surface area contributed by atoms with Gasteiger partial charge in [-0.3, -0.25) is 19.8 Å². The van der Waals surface area contributed by atoms with Crippen molar-refractivity contribution in [3.63, 3.8) is 0 Å². The van der Waals surface area contributed by atoms with E-state index in [1.54, 1.807) is 25.1 Å². The maximum atomic E-state index is 12.7. The smallest absolute Gasteiger partial charge is 0.325 e. The van der Waals surface area contributed by atoms with E-state index in [0.29, 0.717) is 11.5 Å². The number of imide groups is 2. The van der Waals surface area contributed by atoms with Crippen molar-refractivity contribution >= 4 is 23.9 Å². The van der Waals surface area contributed by atoms with E-state index in [1.807, 2.05) is 0 Å². The Morgan fingerprint density at radius 2 is 2.00 bits per heavy atom. The second-order valence-corrected chi connectivity index (χ2v) is 6.46. The summed E-state index contributed by atoms with van der Waals surface area (Å²) in [5, 5.41) is 7.01. The van der Waals surface area contributed by atoms with E-state index >= 15 is 0 Å². The van der Waals surface area contributed by atoms with E-state index < -0.39 is 29.4 Å². The van der Waals surface area contributed by atoms with Crippen LogP contribution in [0, 0.1) is 0 Å². The van der Waals surface area contributed by atoms with Crippen LogP contribution >= 0.6 is 0 Å². The zero-order chi connectivity index (χ0) is 19.6. The Kier molecular flexibility index (Phi) is 4.89. The highest BCUT2D eigenvalue weighted by atomic mass is 16.7. The average Bonchev–Trinajstić information content (AvgIpc) is 3.16. The fourth-order valence-corrected chi connectivity index (χ4v) is 2.99. The molecule has 10 heteroatoms. The Balaban J connectivity index is 1.64. The van der Waals surface area contributed by atoms with Gasteiger partial charge in [-0.2, -0.15) is 0 Å². The largest absolute Gasteiger partial charge is 0.454 e. The molecule has 2 aliphatic heterocycles. The predicted octanol–water partition coefficient (Wildman–Crippen LogP) is 0.114. The third-order valence-electron chi connectivity index (χ3n) is 4.38. The van der Waals surface area contributed by atoms with Crippen LogP contribution in [0.3, 0.4) is 0 Å². The quantitative estimate of drug-likeness (QED) is 0.627. The minimum atomic E-state index is -1.14. The lowest BCUT2D eigenvalue weighted by atomic mass is 9.92. The van der Waals surface area contributed by atoms with E-state index in [2.05, 4.69) is 16.0 Å². The van der Waals surface area contributed by atoms with Gasteiger partial charge in [-0.25, -0.2) is 9.59 Å². The normalized spacial score (nSPS) is 20.4. The van der Waals surface area contributed by atoms with Gasteiger partial charge < -0.3 is 20.1 Å². The summed E-state index contributed by atoms with van der Waals surface area (Å²) in [4.78, 5) is 48.7. The molecule has 6 amide bonds. The number of fused-ring (bicyclic) bond motifs is 1. The Bertz CT molecular complexity index is 811. The fraction of sp³-hybridized carbons (Fsp3) is 0.412. The number of nitrogens with one attached hydrogen (secondary N) is 3. The van der Waals surface area contributed by atoms with Gasteiger partial charge >= 0.3 is 12.1 Å². The minimum absolute atomic E-state index is 0.121. The summed E-state index contributed by atoms with van der Waals surface area (Å²) in [5.41, 5.74) is -0.336. The molecule has 0 saturated carbocycles. The molecule has 10 nitrogen and oxygen atoms in total. The lowest BCUT2D eigenvalue weighted by molar-refractivity contribution is -0.131. The van der Waals surface area contributed by atoms with E-state index in [9.17, 15) is 19.2 Å². The van der Waals surface area contributed by atoms with Crippen molar-refractivity contribution in [3.8, 4) is 11.5 Å². The minimum Gasteiger partial charge on any atom is -0.454 e. The molecule has 144 valence electrons. The van der Waals surface area contributed by atoms with E-state index in [1.165, 1.54) is 7.05 Å². The molecule has 0 spiro atoms. The molecule has 0 aromatic heterocycles. The molecule has 3 N–H and O–H groups in total. The number of hydrogen-bond donors (Lipinski definition) is 3. The maximum Gasteiger partial charge on any atom is 0.325 e. The van der Waals surface area contributed by atoms with Crippen LogP contribution in [0.1, 0.15) is 18.9 Å². The molecule has 0 bridgehead atoms. The van der Waals surface area contributed by atoms with Gasteiger partial charge in [0.05, 0.1) is 0 Å². The number of benzene rings is 1. The molecular formula is C17H20N4O6. The first kappa shape index (κ1) is 18.5. The molecule has 1 saturated heterocycles. The van der Waals surface area contributed by atoms with Crippen LogP contribution in [-0.2, 0) is 16.0 Å². The Morgan fingerprint density at radius 3 is 2.74 bits per heavy atom. The number of amides is 6. The van der Waals surface area contributed by atoms with Crippen LogP contribution in [0.15, 0.2) is 18.2 Å². The Hall–Kier alpha value is -3.30. The number of carbonyl (C=O) groups is 4. The van der Waals surface area contributed by atoms with Gasteiger partial charge in [-0.05, 0) is 24.6 Å². The number of hydrogen-bond acceptors (Lipinski definition) is 6. The number of carbonyl (C=O) groups excluding carboxylic acids is 4. The highest BCUT2D eigenvalue weighted by Crippen LogP contribution is 2.34. The van der Waals surface area contributed by atoms with Crippen LogP contribution < -0.4 is 25.4 Å². The summed E-state index contributed by atoms with van der Waals surface area (Å²) in [6, 6.07) is 4.11. The summed E-state index contributed by atoms with van der Waals surface area (Å²) in [6.45, 7) is 1.66. The summed E-state index contributed by atoms with van der Waals surface area (Å²) in [7, 11) is 1.38. The van der Waals surface area contributed by atoms with Crippen molar-refractivity contribution in [2.24, 2.45) is 0 Å². The van der Waals surface area contributed by atoms with Gasteiger partial charge in [-0.15, -0.1) is 0 Å².